The van der Waals surface area contributed by atoms with Crippen LogP contribution in [0.2, 0.25) is 0 Å². The van der Waals surface area contributed by atoms with Crippen molar-refractivity contribution in [3.63, 3.8) is 0 Å². The van der Waals surface area contributed by atoms with E-state index in [1.165, 1.54) is 45.3 Å². The molecule has 0 aromatic carbocycles. The van der Waals surface area contributed by atoms with E-state index in [2.05, 4.69) is 11.8 Å². The molecule has 1 aliphatic heterocycles. The maximum atomic E-state index is 11.1. The smallest absolute Gasteiger partial charge is 0.132 e. The second-order valence-electron chi connectivity index (χ2n) is 5.23. The molecule has 1 rings (SSSR count). The maximum absolute atomic E-state index is 11.1. The van der Waals surface area contributed by atoms with E-state index in [-0.39, 0.29) is 0 Å². The number of Topliss-reactive ketones (excluding diaryl/α,β-unsaturated/α-hetero) is 1. The molecule has 0 aliphatic carbocycles. The summed E-state index contributed by atoms with van der Waals surface area (Å²) in [5.74, 6) is 1.35. The van der Waals surface area contributed by atoms with Gasteiger partial charge in [0.2, 0.25) is 0 Å². The highest BCUT2D eigenvalue weighted by molar-refractivity contribution is 5.77. The van der Waals surface area contributed by atoms with Crippen LogP contribution in [0.25, 0.3) is 0 Å². The van der Waals surface area contributed by atoms with Gasteiger partial charge in [0.15, 0.2) is 0 Å². The van der Waals surface area contributed by atoms with Crippen molar-refractivity contribution in [1.29, 1.82) is 0 Å². The molecule has 0 amide bonds. The van der Waals surface area contributed by atoms with Gasteiger partial charge >= 0.3 is 0 Å². The average molecular weight is 225 g/mol. The lowest BCUT2D eigenvalue weighted by molar-refractivity contribution is -0.118. The molecule has 16 heavy (non-hydrogen) atoms. The van der Waals surface area contributed by atoms with Crippen molar-refractivity contribution in [2.45, 2.75) is 58.8 Å². The third kappa shape index (κ3) is 5.64. The first-order valence-electron chi connectivity index (χ1n) is 6.96. The van der Waals surface area contributed by atoms with E-state index in [4.69, 9.17) is 0 Å². The van der Waals surface area contributed by atoms with Crippen LogP contribution in [-0.4, -0.2) is 30.3 Å². The van der Waals surface area contributed by atoms with Crippen molar-refractivity contribution in [2.24, 2.45) is 5.92 Å². The number of nitrogens with zero attached hydrogens (tertiary/aromatic N) is 1. The molecule has 2 nitrogen and oxygen atoms in total. The SMILES string of the molecule is CCC(=O)CCCCCN1CCC(C)CC1. The van der Waals surface area contributed by atoms with E-state index in [9.17, 15) is 4.79 Å². The Hall–Kier alpha value is -0.370. The molecule has 0 aromatic rings. The zero-order chi connectivity index (χ0) is 11.8. The van der Waals surface area contributed by atoms with Gasteiger partial charge in [0.25, 0.3) is 0 Å². The minimum Gasteiger partial charge on any atom is -0.303 e. The molecular formula is C14H27NO. The highest BCUT2D eigenvalue weighted by Crippen LogP contribution is 2.16. The van der Waals surface area contributed by atoms with Crippen molar-refractivity contribution in [3.8, 4) is 0 Å². The number of likely N-dealkylation sites (tertiary alicyclic amines) is 1. The van der Waals surface area contributed by atoms with Gasteiger partial charge in [0, 0.05) is 12.8 Å². The molecule has 0 N–H and O–H groups in total. The predicted molar refractivity (Wildman–Crippen MR) is 68.6 cm³/mol. The van der Waals surface area contributed by atoms with Crippen LogP contribution in [0, 0.1) is 5.92 Å². The second kappa shape index (κ2) is 7.83. The first-order valence-corrected chi connectivity index (χ1v) is 6.96. The number of piperidine rings is 1. The molecule has 0 bridgehead atoms. The zero-order valence-electron chi connectivity index (χ0n) is 11.0. The van der Waals surface area contributed by atoms with Crippen LogP contribution in [-0.2, 0) is 4.79 Å². The molecule has 0 saturated carbocycles. The molecular weight excluding hydrogens is 198 g/mol. The lowest BCUT2D eigenvalue weighted by Crippen LogP contribution is -2.33. The number of carbonyl (C=O) groups is 1. The molecule has 0 radical (unpaired) electrons. The largest absolute Gasteiger partial charge is 0.303 e. The van der Waals surface area contributed by atoms with Crippen LogP contribution in [0.4, 0.5) is 0 Å². The van der Waals surface area contributed by atoms with E-state index < -0.39 is 0 Å². The fourth-order valence-electron chi connectivity index (χ4n) is 2.30. The van der Waals surface area contributed by atoms with Gasteiger partial charge in [0.05, 0.1) is 0 Å². The first-order chi connectivity index (χ1) is 7.72. The topological polar surface area (TPSA) is 20.3 Å². The minimum atomic E-state index is 0.423. The van der Waals surface area contributed by atoms with Crippen LogP contribution in [0.3, 0.4) is 0 Å². The molecule has 2 heteroatoms. The first kappa shape index (κ1) is 13.7. The molecule has 94 valence electrons. The van der Waals surface area contributed by atoms with E-state index in [1.807, 2.05) is 6.92 Å². The van der Waals surface area contributed by atoms with E-state index in [1.54, 1.807) is 0 Å². The fraction of sp³-hybridized carbons (Fsp3) is 0.929. The van der Waals surface area contributed by atoms with Crippen LogP contribution in [0.5, 0.6) is 0 Å². The molecule has 0 aromatic heterocycles. The monoisotopic (exact) mass is 225 g/mol. The summed E-state index contributed by atoms with van der Waals surface area (Å²) in [6.07, 6.45) is 7.83. The Kier molecular flexibility index (Phi) is 6.70. The molecule has 1 saturated heterocycles. The highest BCUT2D eigenvalue weighted by Gasteiger charge is 2.14. The number of carbonyl (C=O) groups excluding carboxylic acids is 1. The Morgan fingerprint density at radius 1 is 1.19 bits per heavy atom. The number of rotatable bonds is 7. The lowest BCUT2D eigenvalue weighted by Gasteiger charge is -2.30. The van der Waals surface area contributed by atoms with Crippen molar-refractivity contribution in [1.82, 2.24) is 4.90 Å². The lowest BCUT2D eigenvalue weighted by atomic mass is 9.99. The molecule has 1 fully saturated rings. The molecule has 0 unspecified atom stereocenters. The van der Waals surface area contributed by atoms with Crippen LogP contribution in [0.1, 0.15) is 58.8 Å². The van der Waals surface area contributed by atoms with Gasteiger partial charge in [-0.1, -0.05) is 20.3 Å². The van der Waals surface area contributed by atoms with Gasteiger partial charge < -0.3 is 4.90 Å². The zero-order valence-corrected chi connectivity index (χ0v) is 11.0. The summed E-state index contributed by atoms with van der Waals surface area (Å²) in [6.45, 7) is 8.13. The highest BCUT2D eigenvalue weighted by atomic mass is 16.1. The summed E-state index contributed by atoms with van der Waals surface area (Å²) in [7, 11) is 0. The summed E-state index contributed by atoms with van der Waals surface area (Å²) >= 11 is 0. The fourth-order valence-corrected chi connectivity index (χ4v) is 2.30. The average Bonchev–Trinajstić information content (AvgIpc) is 2.31. The Bertz CT molecular complexity index is 195. The van der Waals surface area contributed by atoms with Crippen molar-refractivity contribution in [3.05, 3.63) is 0 Å². The van der Waals surface area contributed by atoms with Gasteiger partial charge in [-0.05, 0) is 51.2 Å². The maximum Gasteiger partial charge on any atom is 0.132 e. The van der Waals surface area contributed by atoms with Gasteiger partial charge in [-0.2, -0.15) is 0 Å². The summed E-state index contributed by atoms with van der Waals surface area (Å²) in [4.78, 5) is 13.7. The normalized spacial score (nSPS) is 18.9. The van der Waals surface area contributed by atoms with Crippen LogP contribution in [0.15, 0.2) is 0 Å². The van der Waals surface area contributed by atoms with E-state index >= 15 is 0 Å². The van der Waals surface area contributed by atoms with Crippen molar-refractivity contribution >= 4 is 5.78 Å². The summed E-state index contributed by atoms with van der Waals surface area (Å²) in [6, 6.07) is 0. The Morgan fingerprint density at radius 2 is 1.88 bits per heavy atom. The third-order valence-corrected chi connectivity index (χ3v) is 3.70. The predicted octanol–water partition coefficient (Wildman–Crippen LogP) is 3.26. The summed E-state index contributed by atoms with van der Waals surface area (Å²) < 4.78 is 0. The number of hydrogen-bond donors (Lipinski definition) is 0. The number of hydrogen-bond acceptors (Lipinski definition) is 2. The summed E-state index contributed by atoms with van der Waals surface area (Å²) in [5.41, 5.74) is 0. The van der Waals surface area contributed by atoms with Gasteiger partial charge in [-0.15, -0.1) is 0 Å². The second-order valence-corrected chi connectivity index (χ2v) is 5.23. The van der Waals surface area contributed by atoms with Gasteiger partial charge in [0.1, 0.15) is 5.78 Å². The van der Waals surface area contributed by atoms with Crippen LogP contribution >= 0.6 is 0 Å². The third-order valence-electron chi connectivity index (χ3n) is 3.70. The number of ketones is 1. The molecule has 0 spiro atoms. The van der Waals surface area contributed by atoms with E-state index in [0.29, 0.717) is 12.2 Å². The standard InChI is InChI=1S/C14H27NO/c1-3-14(16)7-5-4-6-10-15-11-8-13(2)9-12-15/h13H,3-12H2,1-2H3. The Labute approximate surface area is 100 Å². The van der Waals surface area contributed by atoms with Crippen molar-refractivity contribution in [2.75, 3.05) is 19.6 Å². The van der Waals surface area contributed by atoms with Crippen LogP contribution < -0.4 is 0 Å². The Balaban J connectivity index is 1.93. The van der Waals surface area contributed by atoms with Gasteiger partial charge in [-0.25, -0.2) is 0 Å². The quantitative estimate of drug-likeness (QED) is 0.620. The summed E-state index contributed by atoms with van der Waals surface area (Å²) in [5, 5.41) is 0. The van der Waals surface area contributed by atoms with E-state index in [0.717, 1.165) is 18.8 Å². The molecule has 1 heterocycles. The minimum absolute atomic E-state index is 0.423. The Morgan fingerprint density at radius 3 is 2.50 bits per heavy atom. The number of unbranched alkanes of at least 4 members (excludes halogenated alkanes) is 2. The molecule has 0 atom stereocenters. The van der Waals surface area contributed by atoms with Crippen molar-refractivity contribution < 1.29 is 4.79 Å². The molecule has 1 aliphatic rings. The van der Waals surface area contributed by atoms with Gasteiger partial charge in [-0.3, -0.25) is 4.79 Å².